The summed E-state index contributed by atoms with van der Waals surface area (Å²) >= 11 is 0. The van der Waals surface area contributed by atoms with E-state index in [4.69, 9.17) is 18.9 Å². The van der Waals surface area contributed by atoms with Gasteiger partial charge in [0.1, 0.15) is 0 Å². The van der Waals surface area contributed by atoms with Crippen molar-refractivity contribution >= 4 is 0 Å². The van der Waals surface area contributed by atoms with Gasteiger partial charge in [-0.2, -0.15) is 0 Å². The van der Waals surface area contributed by atoms with Gasteiger partial charge in [0.25, 0.3) is 0 Å². The molecule has 6 heteroatoms. The largest absolute Gasteiger partial charge is 0.390 e. The van der Waals surface area contributed by atoms with Crippen LogP contribution in [0.15, 0.2) is 0 Å². The minimum absolute atomic E-state index is 0.202. The van der Waals surface area contributed by atoms with Crippen LogP contribution in [-0.2, 0) is 18.9 Å². The van der Waals surface area contributed by atoms with E-state index in [1.807, 2.05) is 0 Å². The molecular formula is C14H28O6. The van der Waals surface area contributed by atoms with Gasteiger partial charge in [0, 0.05) is 27.4 Å². The highest BCUT2D eigenvalue weighted by Crippen LogP contribution is 2.31. The van der Waals surface area contributed by atoms with Crippen LogP contribution in [0.3, 0.4) is 0 Å². The van der Waals surface area contributed by atoms with Crippen LogP contribution in [0.2, 0.25) is 0 Å². The van der Waals surface area contributed by atoms with Crippen molar-refractivity contribution < 1.29 is 29.2 Å². The Labute approximate surface area is 121 Å². The zero-order valence-electron chi connectivity index (χ0n) is 12.5. The maximum atomic E-state index is 9.79. The van der Waals surface area contributed by atoms with E-state index < -0.39 is 12.2 Å². The van der Waals surface area contributed by atoms with E-state index in [1.165, 1.54) is 0 Å². The summed E-state index contributed by atoms with van der Waals surface area (Å²) in [6.07, 6.45) is -0.235. The molecule has 0 aromatic heterocycles. The summed E-state index contributed by atoms with van der Waals surface area (Å²) in [6, 6.07) is 0. The Hall–Kier alpha value is -0.240. The minimum atomic E-state index is -0.666. The van der Waals surface area contributed by atoms with Crippen LogP contribution in [0.4, 0.5) is 0 Å². The molecule has 20 heavy (non-hydrogen) atoms. The second-order valence-corrected chi connectivity index (χ2v) is 5.26. The van der Waals surface area contributed by atoms with Crippen LogP contribution in [0.5, 0.6) is 0 Å². The van der Waals surface area contributed by atoms with Crippen molar-refractivity contribution in [2.24, 2.45) is 11.8 Å². The smallest absolute Gasteiger partial charge is 0.0802 e. The predicted octanol–water partition coefficient (Wildman–Crippen LogP) is 0.0604. The number of hydrogen-bond donors (Lipinski definition) is 2. The third-order valence-corrected chi connectivity index (χ3v) is 3.73. The van der Waals surface area contributed by atoms with E-state index >= 15 is 0 Å². The van der Waals surface area contributed by atoms with E-state index in [9.17, 15) is 10.2 Å². The van der Waals surface area contributed by atoms with Crippen LogP contribution >= 0.6 is 0 Å². The number of aliphatic hydroxyl groups excluding tert-OH is 2. The monoisotopic (exact) mass is 292 g/mol. The number of hydrogen-bond acceptors (Lipinski definition) is 6. The highest BCUT2D eigenvalue weighted by atomic mass is 16.5. The van der Waals surface area contributed by atoms with Crippen molar-refractivity contribution in [1.29, 1.82) is 0 Å². The summed E-state index contributed by atoms with van der Waals surface area (Å²) in [6.45, 7) is 3.34. The Balaban J connectivity index is 2.34. The quantitative estimate of drug-likeness (QED) is 0.555. The molecule has 1 saturated carbocycles. The Bertz CT molecular complexity index is 214. The topological polar surface area (TPSA) is 77.4 Å². The lowest BCUT2D eigenvalue weighted by atomic mass is 9.77. The van der Waals surface area contributed by atoms with Gasteiger partial charge in [0.05, 0.1) is 38.6 Å². The van der Waals surface area contributed by atoms with Crippen molar-refractivity contribution in [2.45, 2.75) is 25.0 Å². The molecular weight excluding hydrogens is 264 g/mol. The molecule has 6 nitrogen and oxygen atoms in total. The first-order chi connectivity index (χ1) is 9.69. The molecule has 4 atom stereocenters. The van der Waals surface area contributed by atoms with Crippen LogP contribution in [0.1, 0.15) is 12.8 Å². The lowest BCUT2D eigenvalue weighted by Gasteiger charge is -2.37. The molecule has 0 saturated heterocycles. The average molecular weight is 292 g/mol. The standard InChI is InChI=1S/C14H28O6/c1-17-3-5-19-9-11-7-13(15)14(16)8-12(11)10-20-6-4-18-2/h11-16H,3-10H2,1-2H3. The molecule has 1 aliphatic carbocycles. The molecule has 0 heterocycles. The number of aliphatic hydroxyl groups is 2. The fourth-order valence-corrected chi connectivity index (χ4v) is 2.48. The van der Waals surface area contributed by atoms with Crippen molar-refractivity contribution in [3.8, 4) is 0 Å². The SMILES string of the molecule is COCCOCC1CC(O)C(O)CC1COCCOC. The molecule has 2 N–H and O–H groups in total. The highest BCUT2D eigenvalue weighted by molar-refractivity contribution is 4.85. The average Bonchev–Trinajstić information content (AvgIpc) is 2.44. The normalized spacial score (nSPS) is 30.6. The van der Waals surface area contributed by atoms with E-state index in [1.54, 1.807) is 14.2 Å². The first-order valence-electron chi connectivity index (χ1n) is 7.18. The Kier molecular flexibility index (Phi) is 9.33. The van der Waals surface area contributed by atoms with Gasteiger partial charge in [-0.25, -0.2) is 0 Å². The van der Waals surface area contributed by atoms with Gasteiger partial charge in [-0.15, -0.1) is 0 Å². The first kappa shape index (κ1) is 17.8. The maximum Gasteiger partial charge on any atom is 0.0802 e. The fourth-order valence-electron chi connectivity index (χ4n) is 2.48. The van der Waals surface area contributed by atoms with E-state index in [-0.39, 0.29) is 11.8 Å². The molecule has 4 unspecified atom stereocenters. The first-order valence-corrected chi connectivity index (χ1v) is 7.18. The summed E-state index contributed by atoms with van der Waals surface area (Å²) in [7, 11) is 3.27. The molecule has 1 aliphatic rings. The minimum Gasteiger partial charge on any atom is -0.390 e. The molecule has 0 aliphatic heterocycles. The van der Waals surface area contributed by atoms with E-state index in [0.717, 1.165) is 0 Å². The third-order valence-electron chi connectivity index (χ3n) is 3.73. The van der Waals surface area contributed by atoms with Gasteiger partial charge in [-0.1, -0.05) is 0 Å². The number of methoxy groups -OCH3 is 2. The summed E-state index contributed by atoms with van der Waals surface area (Å²) in [4.78, 5) is 0. The summed E-state index contributed by atoms with van der Waals surface area (Å²) < 4.78 is 21.0. The van der Waals surface area contributed by atoms with Gasteiger partial charge >= 0.3 is 0 Å². The molecule has 0 radical (unpaired) electrons. The fraction of sp³-hybridized carbons (Fsp3) is 1.00. The molecule has 0 spiro atoms. The zero-order chi connectivity index (χ0) is 14.8. The molecule has 1 rings (SSSR count). The van der Waals surface area contributed by atoms with Gasteiger partial charge < -0.3 is 29.2 Å². The van der Waals surface area contributed by atoms with Crippen molar-refractivity contribution in [2.75, 3.05) is 53.9 Å². The summed E-state index contributed by atoms with van der Waals surface area (Å²) in [5, 5.41) is 19.6. The van der Waals surface area contributed by atoms with Crippen molar-refractivity contribution in [3.63, 3.8) is 0 Å². The lowest BCUT2D eigenvalue weighted by molar-refractivity contribution is -0.0859. The molecule has 1 fully saturated rings. The van der Waals surface area contributed by atoms with Gasteiger partial charge in [-0.05, 0) is 24.7 Å². The lowest BCUT2D eigenvalue weighted by Crippen LogP contribution is -2.42. The van der Waals surface area contributed by atoms with Crippen LogP contribution in [-0.4, -0.2) is 76.3 Å². The van der Waals surface area contributed by atoms with Gasteiger partial charge in [-0.3, -0.25) is 0 Å². The molecule has 0 aromatic rings. The molecule has 0 amide bonds. The van der Waals surface area contributed by atoms with Gasteiger partial charge in [0.2, 0.25) is 0 Å². The van der Waals surface area contributed by atoms with E-state index in [2.05, 4.69) is 0 Å². The zero-order valence-corrected chi connectivity index (χ0v) is 12.5. The van der Waals surface area contributed by atoms with Crippen molar-refractivity contribution in [3.05, 3.63) is 0 Å². The van der Waals surface area contributed by atoms with Crippen molar-refractivity contribution in [1.82, 2.24) is 0 Å². The third kappa shape index (κ3) is 6.47. The Morgan fingerprint density at radius 1 is 0.750 bits per heavy atom. The van der Waals surface area contributed by atoms with Gasteiger partial charge in [0.15, 0.2) is 0 Å². The van der Waals surface area contributed by atoms with Crippen LogP contribution in [0, 0.1) is 11.8 Å². The maximum absolute atomic E-state index is 9.79. The second kappa shape index (κ2) is 10.5. The molecule has 0 bridgehead atoms. The second-order valence-electron chi connectivity index (χ2n) is 5.26. The van der Waals surface area contributed by atoms with Crippen LogP contribution < -0.4 is 0 Å². The number of rotatable bonds is 10. The predicted molar refractivity (Wildman–Crippen MR) is 73.6 cm³/mol. The number of ether oxygens (including phenoxy) is 4. The summed E-state index contributed by atoms with van der Waals surface area (Å²) in [5.74, 6) is 0.403. The Morgan fingerprint density at radius 3 is 1.50 bits per heavy atom. The molecule has 0 aromatic carbocycles. The highest BCUT2D eigenvalue weighted by Gasteiger charge is 2.35. The molecule has 120 valence electrons. The summed E-state index contributed by atoms with van der Waals surface area (Å²) in [5.41, 5.74) is 0. The van der Waals surface area contributed by atoms with E-state index in [0.29, 0.717) is 52.5 Å². The van der Waals surface area contributed by atoms with Crippen LogP contribution in [0.25, 0.3) is 0 Å². The Morgan fingerprint density at radius 2 is 1.15 bits per heavy atom.